The van der Waals surface area contributed by atoms with Gasteiger partial charge in [0.25, 0.3) is 10.0 Å². The summed E-state index contributed by atoms with van der Waals surface area (Å²) in [7, 11) is -3.99. The van der Waals surface area contributed by atoms with E-state index in [-0.39, 0.29) is 23.3 Å². The predicted octanol–water partition coefficient (Wildman–Crippen LogP) is 6.15. The van der Waals surface area contributed by atoms with E-state index in [2.05, 4.69) is 36.5 Å². The van der Waals surface area contributed by atoms with Crippen molar-refractivity contribution >= 4 is 44.2 Å². The van der Waals surface area contributed by atoms with Crippen LogP contribution in [0.3, 0.4) is 0 Å². The van der Waals surface area contributed by atoms with Gasteiger partial charge in [-0.05, 0) is 90.4 Å². The Kier molecular flexibility index (Phi) is 9.54. The Labute approximate surface area is 235 Å². The Hall–Kier alpha value is -3.49. The molecule has 4 aromatic carbocycles. The van der Waals surface area contributed by atoms with Gasteiger partial charge in [-0.15, -0.1) is 11.8 Å². The number of ether oxygens (including phenoxy) is 1. The molecule has 6 nitrogen and oxygen atoms in total. The molecule has 1 unspecified atom stereocenters. The summed E-state index contributed by atoms with van der Waals surface area (Å²) in [6.07, 6.45) is 2.73. The van der Waals surface area contributed by atoms with Gasteiger partial charge in [-0.25, -0.2) is 8.42 Å². The monoisotopic (exact) mass is 562 g/mol. The summed E-state index contributed by atoms with van der Waals surface area (Å²) in [4.78, 5) is 14.2. The maximum atomic E-state index is 13.7. The molecule has 0 spiro atoms. The Balaban J connectivity index is 1.49. The van der Waals surface area contributed by atoms with Crippen LogP contribution in [0.4, 0.5) is 5.69 Å². The molecule has 0 aromatic heterocycles. The number of sulfonamides is 1. The van der Waals surface area contributed by atoms with Gasteiger partial charge in [0.05, 0.1) is 17.2 Å². The van der Waals surface area contributed by atoms with Crippen LogP contribution in [-0.2, 0) is 21.2 Å². The molecule has 0 radical (unpaired) electrons. The van der Waals surface area contributed by atoms with Crippen LogP contribution in [0.5, 0.6) is 5.75 Å². The zero-order valence-electron chi connectivity index (χ0n) is 22.5. The number of nitrogens with zero attached hydrogens (tertiary/aromatic N) is 1. The SMILES string of the molecule is CCOc1ccc(N(CC(=O)NCC(C)Cc2cccc3ccccc23)S(=O)(=O)c2ccc(SC)cc2)cc1. The fraction of sp³-hybridized carbons (Fsp3) is 0.258. The fourth-order valence-electron chi connectivity index (χ4n) is 4.46. The third-order valence-electron chi connectivity index (χ3n) is 6.47. The number of fused-ring (bicyclic) bond motifs is 1. The second-order valence-corrected chi connectivity index (χ2v) is 12.1. The number of benzene rings is 4. The molecule has 0 heterocycles. The number of thioether (sulfide) groups is 1. The molecule has 0 aliphatic rings. The van der Waals surface area contributed by atoms with E-state index in [9.17, 15) is 13.2 Å². The lowest BCUT2D eigenvalue weighted by Gasteiger charge is -2.25. The predicted molar refractivity (Wildman–Crippen MR) is 160 cm³/mol. The molecule has 204 valence electrons. The summed E-state index contributed by atoms with van der Waals surface area (Å²) in [5.74, 6) is 0.432. The van der Waals surface area contributed by atoms with Crippen LogP contribution in [0.25, 0.3) is 10.8 Å². The lowest BCUT2D eigenvalue weighted by atomic mass is 9.96. The Bertz CT molecular complexity index is 1500. The van der Waals surface area contributed by atoms with Gasteiger partial charge in [-0.3, -0.25) is 9.10 Å². The highest BCUT2D eigenvalue weighted by atomic mass is 32.2. The van der Waals surface area contributed by atoms with Gasteiger partial charge in [0.15, 0.2) is 0 Å². The number of nitrogens with one attached hydrogen (secondary N) is 1. The first-order chi connectivity index (χ1) is 18.8. The largest absolute Gasteiger partial charge is 0.494 e. The average Bonchev–Trinajstić information content (AvgIpc) is 2.95. The Morgan fingerprint density at radius 2 is 1.64 bits per heavy atom. The van der Waals surface area contributed by atoms with Crippen molar-refractivity contribution in [2.75, 3.05) is 30.3 Å². The molecular formula is C31H34N2O4S2. The number of rotatable bonds is 12. The fourth-order valence-corrected chi connectivity index (χ4v) is 6.29. The van der Waals surface area contributed by atoms with Gasteiger partial charge in [0, 0.05) is 11.4 Å². The maximum Gasteiger partial charge on any atom is 0.264 e. The van der Waals surface area contributed by atoms with E-state index in [0.717, 1.165) is 15.6 Å². The molecule has 0 aliphatic carbocycles. The molecule has 0 saturated heterocycles. The van der Waals surface area contributed by atoms with E-state index in [1.165, 1.54) is 28.1 Å². The zero-order valence-corrected chi connectivity index (χ0v) is 24.1. The first-order valence-corrected chi connectivity index (χ1v) is 15.6. The molecule has 0 bridgehead atoms. The van der Waals surface area contributed by atoms with E-state index in [1.807, 2.05) is 31.4 Å². The van der Waals surface area contributed by atoms with Crippen molar-refractivity contribution in [2.24, 2.45) is 5.92 Å². The van der Waals surface area contributed by atoms with Crippen LogP contribution in [0, 0.1) is 5.92 Å². The van der Waals surface area contributed by atoms with Crippen LogP contribution in [0.2, 0.25) is 0 Å². The van der Waals surface area contributed by atoms with Crippen LogP contribution in [-0.4, -0.2) is 40.3 Å². The number of anilines is 1. The molecule has 0 aliphatic heterocycles. The summed E-state index contributed by atoms with van der Waals surface area (Å²) in [6.45, 7) is 4.57. The minimum Gasteiger partial charge on any atom is -0.494 e. The number of carbonyl (C=O) groups is 1. The van der Waals surface area contributed by atoms with Crippen LogP contribution in [0.15, 0.2) is 101 Å². The number of carbonyl (C=O) groups excluding carboxylic acids is 1. The molecule has 1 N–H and O–H groups in total. The van der Waals surface area contributed by atoms with E-state index in [1.54, 1.807) is 48.5 Å². The van der Waals surface area contributed by atoms with Crippen molar-refractivity contribution in [3.05, 3.63) is 96.6 Å². The molecule has 4 aromatic rings. The third kappa shape index (κ3) is 7.13. The summed E-state index contributed by atoms with van der Waals surface area (Å²) in [6, 6.07) is 27.9. The van der Waals surface area contributed by atoms with Crippen LogP contribution < -0.4 is 14.4 Å². The van der Waals surface area contributed by atoms with Crippen LogP contribution in [0.1, 0.15) is 19.4 Å². The smallest absolute Gasteiger partial charge is 0.264 e. The van der Waals surface area contributed by atoms with Crippen molar-refractivity contribution in [3.8, 4) is 5.75 Å². The molecule has 1 amide bonds. The number of hydrogen-bond acceptors (Lipinski definition) is 5. The topological polar surface area (TPSA) is 75.7 Å². The third-order valence-corrected chi connectivity index (χ3v) is 9.00. The molecule has 8 heteroatoms. The van der Waals surface area contributed by atoms with Gasteiger partial charge < -0.3 is 10.1 Å². The lowest BCUT2D eigenvalue weighted by Crippen LogP contribution is -2.42. The zero-order chi connectivity index (χ0) is 27.8. The molecule has 1 atom stereocenters. The first kappa shape index (κ1) is 28.5. The summed E-state index contributed by atoms with van der Waals surface area (Å²) in [5.41, 5.74) is 1.62. The van der Waals surface area contributed by atoms with Gasteiger partial charge in [-0.2, -0.15) is 0 Å². The second kappa shape index (κ2) is 13.0. The average molecular weight is 563 g/mol. The van der Waals surface area contributed by atoms with Crippen molar-refractivity contribution in [2.45, 2.75) is 30.1 Å². The quantitative estimate of drug-likeness (QED) is 0.210. The van der Waals surface area contributed by atoms with Gasteiger partial charge in [0.2, 0.25) is 5.91 Å². The normalized spacial score (nSPS) is 12.2. The van der Waals surface area contributed by atoms with Crippen molar-refractivity contribution in [1.82, 2.24) is 5.32 Å². The lowest BCUT2D eigenvalue weighted by molar-refractivity contribution is -0.119. The van der Waals surface area contributed by atoms with Crippen molar-refractivity contribution in [1.29, 1.82) is 0 Å². The molecule has 0 saturated carbocycles. The maximum absolute atomic E-state index is 13.7. The minimum atomic E-state index is -3.99. The van der Waals surface area contributed by atoms with Crippen LogP contribution >= 0.6 is 11.8 Å². The summed E-state index contributed by atoms with van der Waals surface area (Å²) < 4.78 is 34.0. The molecule has 0 fully saturated rings. The highest BCUT2D eigenvalue weighted by molar-refractivity contribution is 7.98. The number of amides is 1. The summed E-state index contributed by atoms with van der Waals surface area (Å²) in [5, 5.41) is 5.35. The van der Waals surface area contributed by atoms with E-state index in [0.29, 0.717) is 24.6 Å². The highest BCUT2D eigenvalue weighted by Crippen LogP contribution is 2.27. The Morgan fingerprint density at radius 1 is 0.949 bits per heavy atom. The van der Waals surface area contributed by atoms with Gasteiger partial charge in [-0.1, -0.05) is 49.4 Å². The highest BCUT2D eigenvalue weighted by Gasteiger charge is 2.27. The van der Waals surface area contributed by atoms with E-state index < -0.39 is 10.0 Å². The van der Waals surface area contributed by atoms with E-state index >= 15 is 0 Å². The minimum absolute atomic E-state index is 0.131. The van der Waals surface area contributed by atoms with Gasteiger partial charge >= 0.3 is 0 Å². The molecule has 4 rings (SSSR count). The summed E-state index contributed by atoms with van der Waals surface area (Å²) >= 11 is 1.53. The molecular weight excluding hydrogens is 528 g/mol. The van der Waals surface area contributed by atoms with Gasteiger partial charge in [0.1, 0.15) is 12.3 Å². The Morgan fingerprint density at radius 3 is 2.33 bits per heavy atom. The van der Waals surface area contributed by atoms with E-state index in [4.69, 9.17) is 4.74 Å². The first-order valence-electron chi connectivity index (χ1n) is 12.9. The van der Waals surface area contributed by atoms with Crippen molar-refractivity contribution in [3.63, 3.8) is 0 Å². The number of hydrogen-bond donors (Lipinski definition) is 1. The molecule has 39 heavy (non-hydrogen) atoms. The van der Waals surface area contributed by atoms with Crippen molar-refractivity contribution < 1.29 is 17.9 Å². The standard InChI is InChI=1S/C31H34N2O4S2/c1-4-37-27-14-12-26(13-15-27)33(39(35,36)29-18-16-28(38-3)17-19-29)22-31(34)32-21-23(2)20-25-10-7-9-24-8-5-6-11-30(24)25/h5-19,23H,4,20-22H2,1-3H3,(H,32,34). The second-order valence-electron chi connectivity index (χ2n) is 9.37.